The van der Waals surface area contributed by atoms with Gasteiger partial charge in [-0.1, -0.05) is 60.3 Å². The molecule has 1 N–H and O–H groups in total. The molecule has 0 fully saturated rings. The first-order chi connectivity index (χ1) is 12.3. The maximum Gasteiger partial charge on any atom is 0.166 e. The van der Waals surface area contributed by atoms with Gasteiger partial charge < -0.3 is 10.1 Å². The highest BCUT2D eigenvalue weighted by molar-refractivity contribution is 8.14. The Morgan fingerprint density at radius 3 is 2.16 bits per heavy atom. The van der Waals surface area contributed by atoms with E-state index in [0.29, 0.717) is 6.54 Å². The van der Waals surface area contributed by atoms with Crippen molar-refractivity contribution >= 4 is 22.6 Å². The number of anilines is 1. The normalized spacial score (nSPS) is 11.2. The van der Waals surface area contributed by atoms with E-state index in [9.17, 15) is 0 Å². The summed E-state index contributed by atoms with van der Waals surface area (Å²) in [5, 5.41) is 4.27. The van der Waals surface area contributed by atoms with Gasteiger partial charge >= 0.3 is 0 Å². The van der Waals surface area contributed by atoms with Crippen LogP contribution in [0.15, 0.2) is 94.8 Å². The van der Waals surface area contributed by atoms with Crippen molar-refractivity contribution in [1.82, 2.24) is 0 Å². The van der Waals surface area contributed by atoms with Crippen LogP contribution in [0.2, 0.25) is 0 Å². The standard InChI is InChI=1S/C21H20N2OS/c1-24-19-14-12-18(13-15-19)23-21(25-20-10-6-3-7-11-20)22-16-17-8-4-2-5-9-17/h2-15H,16H2,1H3,(H,22,23). The lowest BCUT2D eigenvalue weighted by Crippen LogP contribution is -2.08. The molecule has 0 heterocycles. The molecule has 126 valence electrons. The molecule has 0 unspecified atom stereocenters. The largest absolute Gasteiger partial charge is 0.497 e. The predicted octanol–water partition coefficient (Wildman–Crippen LogP) is 5.46. The summed E-state index contributed by atoms with van der Waals surface area (Å²) >= 11 is 1.62. The lowest BCUT2D eigenvalue weighted by atomic mass is 10.2. The van der Waals surface area contributed by atoms with Gasteiger partial charge in [-0.05, 0) is 42.0 Å². The van der Waals surface area contributed by atoms with Crippen molar-refractivity contribution in [2.75, 3.05) is 12.4 Å². The minimum atomic E-state index is 0.638. The first-order valence-corrected chi connectivity index (χ1v) is 8.87. The summed E-state index contributed by atoms with van der Waals surface area (Å²) in [6.45, 7) is 0.638. The zero-order chi connectivity index (χ0) is 17.3. The topological polar surface area (TPSA) is 33.6 Å². The van der Waals surface area contributed by atoms with Gasteiger partial charge in [0.05, 0.1) is 13.7 Å². The van der Waals surface area contributed by atoms with Gasteiger partial charge in [0, 0.05) is 10.6 Å². The Morgan fingerprint density at radius 1 is 0.880 bits per heavy atom. The molecule has 0 saturated heterocycles. The second kappa shape index (κ2) is 8.94. The number of amidine groups is 1. The summed E-state index contributed by atoms with van der Waals surface area (Å²) < 4.78 is 5.21. The van der Waals surface area contributed by atoms with Gasteiger partial charge in [-0.2, -0.15) is 0 Å². The molecule has 25 heavy (non-hydrogen) atoms. The number of aliphatic imine (C=N–C) groups is 1. The quantitative estimate of drug-likeness (QED) is 0.378. The minimum Gasteiger partial charge on any atom is -0.497 e. The van der Waals surface area contributed by atoms with Crippen molar-refractivity contribution in [3.8, 4) is 5.75 Å². The van der Waals surface area contributed by atoms with Crippen molar-refractivity contribution in [1.29, 1.82) is 0 Å². The highest BCUT2D eigenvalue weighted by Gasteiger charge is 2.04. The maximum absolute atomic E-state index is 5.21. The van der Waals surface area contributed by atoms with E-state index in [0.717, 1.165) is 21.5 Å². The third-order valence-electron chi connectivity index (χ3n) is 3.55. The van der Waals surface area contributed by atoms with Crippen molar-refractivity contribution < 1.29 is 4.74 Å². The number of benzene rings is 3. The molecule has 0 saturated carbocycles. The van der Waals surface area contributed by atoms with E-state index in [-0.39, 0.29) is 0 Å². The fourth-order valence-electron chi connectivity index (χ4n) is 2.24. The minimum absolute atomic E-state index is 0.638. The Labute approximate surface area is 152 Å². The molecule has 0 aliphatic heterocycles. The molecule has 3 aromatic carbocycles. The van der Waals surface area contributed by atoms with Gasteiger partial charge in [-0.25, -0.2) is 0 Å². The molecule has 0 amide bonds. The molecule has 0 aliphatic carbocycles. The number of rotatable bonds is 5. The average Bonchev–Trinajstić information content (AvgIpc) is 2.68. The summed E-state index contributed by atoms with van der Waals surface area (Å²) in [6, 6.07) is 28.3. The first kappa shape index (κ1) is 17.1. The van der Waals surface area contributed by atoms with Gasteiger partial charge in [0.2, 0.25) is 0 Å². The SMILES string of the molecule is COc1ccc(NC(=NCc2ccccc2)Sc2ccccc2)cc1. The lowest BCUT2D eigenvalue weighted by molar-refractivity contribution is 0.415. The number of thioether (sulfide) groups is 1. The van der Waals surface area contributed by atoms with E-state index < -0.39 is 0 Å². The van der Waals surface area contributed by atoms with Crippen LogP contribution in [0, 0.1) is 0 Å². The van der Waals surface area contributed by atoms with Crippen LogP contribution in [0.25, 0.3) is 0 Å². The Kier molecular flexibility index (Phi) is 6.12. The van der Waals surface area contributed by atoms with Crippen LogP contribution in [0.3, 0.4) is 0 Å². The number of hydrogen-bond donors (Lipinski definition) is 1. The molecule has 0 spiro atoms. The van der Waals surface area contributed by atoms with E-state index in [2.05, 4.69) is 29.6 Å². The predicted molar refractivity (Wildman–Crippen MR) is 106 cm³/mol. The van der Waals surface area contributed by atoms with Gasteiger partial charge in [0.15, 0.2) is 5.17 Å². The molecule has 4 heteroatoms. The van der Waals surface area contributed by atoms with Crippen LogP contribution < -0.4 is 10.1 Å². The van der Waals surface area contributed by atoms with E-state index in [1.807, 2.05) is 60.7 Å². The summed E-state index contributed by atoms with van der Waals surface area (Å²) in [7, 11) is 1.67. The Bertz CT molecular complexity index is 802. The van der Waals surface area contributed by atoms with E-state index >= 15 is 0 Å². The summed E-state index contributed by atoms with van der Waals surface area (Å²) in [5.41, 5.74) is 2.17. The molecule has 0 bridgehead atoms. The molecule has 0 aromatic heterocycles. The zero-order valence-electron chi connectivity index (χ0n) is 14.1. The van der Waals surface area contributed by atoms with Crippen LogP contribution in [0.4, 0.5) is 5.69 Å². The molecule has 0 atom stereocenters. The van der Waals surface area contributed by atoms with Gasteiger partial charge in [0.25, 0.3) is 0 Å². The Hall–Kier alpha value is -2.72. The highest BCUT2D eigenvalue weighted by atomic mass is 32.2. The average molecular weight is 348 g/mol. The zero-order valence-corrected chi connectivity index (χ0v) is 14.9. The number of methoxy groups -OCH3 is 1. The van der Waals surface area contributed by atoms with Crippen molar-refractivity contribution in [2.45, 2.75) is 11.4 Å². The summed E-state index contributed by atoms with van der Waals surface area (Å²) in [6.07, 6.45) is 0. The summed E-state index contributed by atoms with van der Waals surface area (Å²) in [4.78, 5) is 5.91. The van der Waals surface area contributed by atoms with E-state index in [1.54, 1.807) is 18.9 Å². The van der Waals surface area contributed by atoms with Gasteiger partial charge in [0.1, 0.15) is 5.75 Å². The van der Waals surface area contributed by atoms with Gasteiger partial charge in [-0.3, -0.25) is 4.99 Å². The molecule has 3 rings (SSSR count). The van der Waals surface area contributed by atoms with Gasteiger partial charge in [-0.15, -0.1) is 0 Å². The van der Waals surface area contributed by atoms with E-state index in [4.69, 9.17) is 9.73 Å². The number of nitrogens with zero attached hydrogens (tertiary/aromatic N) is 1. The fourth-order valence-corrected chi connectivity index (χ4v) is 3.06. The molecule has 0 aliphatic rings. The second-order valence-corrected chi connectivity index (χ2v) is 6.44. The number of ether oxygens (including phenoxy) is 1. The van der Waals surface area contributed by atoms with E-state index in [1.165, 1.54) is 5.56 Å². The Morgan fingerprint density at radius 2 is 1.52 bits per heavy atom. The maximum atomic E-state index is 5.21. The van der Waals surface area contributed by atoms with Crippen LogP contribution in [-0.4, -0.2) is 12.3 Å². The molecular formula is C21H20N2OS. The summed E-state index contributed by atoms with van der Waals surface area (Å²) in [5.74, 6) is 0.837. The molecule has 3 aromatic rings. The lowest BCUT2D eigenvalue weighted by Gasteiger charge is -2.11. The highest BCUT2D eigenvalue weighted by Crippen LogP contribution is 2.22. The van der Waals surface area contributed by atoms with Crippen LogP contribution in [0.5, 0.6) is 5.75 Å². The number of hydrogen-bond acceptors (Lipinski definition) is 3. The fraction of sp³-hybridized carbons (Fsp3) is 0.0952. The van der Waals surface area contributed by atoms with Crippen LogP contribution >= 0.6 is 11.8 Å². The van der Waals surface area contributed by atoms with Crippen molar-refractivity contribution in [3.05, 3.63) is 90.5 Å². The van der Waals surface area contributed by atoms with Crippen LogP contribution in [-0.2, 0) is 6.54 Å². The monoisotopic (exact) mass is 348 g/mol. The Balaban J connectivity index is 1.77. The first-order valence-electron chi connectivity index (χ1n) is 8.06. The van der Waals surface area contributed by atoms with Crippen molar-refractivity contribution in [2.24, 2.45) is 4.99 Å². The molecular weight excluding hydrogens is 328 g/mol. The third kappa shape index (κ3) is 5.40. The smallest absolute Gasteiger partial charge is 0.166 e. The number of nitrogens with one attached hydrogen (secondary N) is 1. The second-order valence-electron chi connectivity index (χ2n) is 5.38. The van der Waals surface area contributed by atoms with Crippen LogP contribution in [0.1, 0.15) is 5.56 Å². The third-order valence-corrected chi connectivity index (χ3v) is 4.48. The molecule has 3 nitrogen and oxygen atoms in total. The van der Waals surface area contributed by atoms with Crippen molar-refractivity contribution in [3.63, 3.8) is 0 Å². The molecule has 0 radical (unpaired) electrons.